The Morgan fingerprint density at radius 2 is 1.73 bits per heavy atom. The maximum atomic E-state index is 6.14. The zero-order valence-corrected chi connectivity index (χ0v) is 13.5. The van der Waals surface area contributed by atoms with Crippen molar-refractivity contribution in [2.45, 2.75) is 0 Å². The summed E-state index contributed by atoms with van der Waals surface area (Å²) in [5.74, 6) is 0.680. The predicted molar refractivity (Wildman–Crippen MR) is 95.3 cm³/mol. The molecule has 0 saturated carbocycles. The third-order valence-corrected chi connectivity index (χ3v) is 3.48. The van der Waals surface area contributed by atoms with E-state index in [-0.39, 0.29) is 7.43 Å². The molecule has 3 N–H and O–H groups in total. The number of hydrogen-bond acceptors (Lipinski definition) is 3. The lowest BCUT2D eigenvalue weighted by Gasteiger charge is -2.23. The number of nitrogens with zero attached hydrogens (tertiary/aromatic N) is 3. The number of pyridine rings is 1. The molecule has 3 aromatic rings. The summed E-state index contributed by atoms with van der Waals surface area (Å²) in [5, 5.41) is 7.73. The topological polar surface area (TPSA) is 55.4 Å². The van der Waals surface area contributed by atoms with Gasteiger partial charge in [-0.2, -0.15) is 0 Å². The van der Waals surface area contributed by atoms with E-state index in [1.807, 2.05) is 36.5 Å². The monoisotopic (exact) mass is 297 g/mol. The van der Waals surface area contributed by atoms with Crippen LogP contribution >= 0.6 is 0 Å². The van der Waals surface area contributed by atoms with Gasteiger partial charge in [0.05, 0.1) is 26.7 Å². The van der Waals surface area contributed by atoms with Crippen LogP contribution in [0.3, 0.4) is 0 Å². The van der Waals surface area contributed by atoms with E-state index in [4.69, 9.17) is 5.73 Å². The first-order chi connectivity index (χ1) is 9.95. The first kappa shape index (κ1) is 15.9. The molecule has 0 bridgehead atoms. The van der Waals surface area contributed by atoms with Crippen molar-refractivity contribution in [3.8, 4) is 0 Å². The molecule has 116 valence electrons. The molecule has 0 saturated heterocycles. The summed E-state index contributed by atoms with van der Waals surface area (Å²) < 4.78 is 2.56. The van der Waals surface area contributed by atoms with Gasteiger partial charge >= 0.3 is 0 Å². The molecule has 0 spiro atoms. The van der Waals surface area contributed by atoms with Crippen molar-refractivity contribution in [1.82, 2.24) is 14.1 Å². The molecule has 0 atom stereocenters. The molecule has 5 nitrogen and oxygen atoms in total. The number of fused-ring (bicyclic) bond motifs is 1. The fraction of sp³-hybridized carbons (Fsp3) is 0.176. The molecule has 0 fully saturated rings. The lowest BCUT2D eigenvalue weighted by molar-refractivity contribution is 0.486. The van der Waals surface area contributed by atoms with Crippen LogP contribution in [0.2, 0.25) is 0 Å². The van der Waals surface area contributed by atoms with Gasteiger partial charge in [0.15, 0.2) is 5.82 Å². The van der Waals surface area contributed by atoms with Crippen LogP contribution in [-0.4, -0.2) is 30.8 Å². The smallest absolute Gasteiger partial charge is 0.176 e. The highest BCUT2D eigenvalue weighted by Crippen LogP contribution is 2.27. The minimum absolute atomic E-state index is 0. The Balaban J connectivity index is 0.00000176. The minimum Gasteiger partial charge on any atom is -0.394 e. The van der Waals surface area contributed by atoms with E-state index in [9.17, 15) is 0 Å². The van der Waals surface area contributed by atoms with E-state index >= 15 is 0 Å². The predicted octanol–water partition coefficient (Wildman–Crippen LogP) is 3.31. The molecule has 22 heavy (non-hydrogen) atoms. The molecule has 2 aromatic heterocycles. The van der Waals surface area contributed by atoms with E-state index in [1.165, 1.54) is 5.69 Å². The summed E-state index contributed by atoms with van der Waals surface area (Å²) in [7, 11) is 6.42. The van der Waals surface area contributed by atoms with Crippen LogP contribution in [0, 0.1) is 7.43 Å². The van der Waals surface area contributed by atoms with Gasteiger partial charge in [0.1, 0.15) is 11.4 Å². The number of anilines is 3. The number of nitrogens with two attached hydrogens (primary N) is 1. The van der Waals surface area contributed by atoms with Crippen molar-refractivity contribution >= 4 is 28.4 Å². The molecular weight excluding hydrogens is 274 g/mol. The van der Waals surface area contributed by atoms with Gasteiger partial charge in [-0.25, -0.2) is 4.52 Å². The first-order valence-corrected chi connectivity index (χ1v) is 6.87. The van der Waals surface area contributed by atoms with Gasteiger partial charge in [-0.05, 0) is 24.3 Å². The molecule has 0 unspecified atom stereocenters. The summed E-state index contributed by atoms with van der Waals surface area (Å²) >= 11 is 0. The molecular formula is C17H23N5. The van der Waals surface area contributed by atoms with Crippen LogP contribution in [0.1, 0.15) is 0 Å². The standard InChI is InChI=1S/C16H20N5.CH3/c1-21(2,3)13-9-7-12(8-10-13)18-16-15(17)14-6-4-5-11-20(14)19-16;/h4-11H,17H2,1-3H3,(H,18,19);1H3/q+1;-1. The maximum absolute atomic E-state index is 6.14. The quantitative estimate of drug-likeness (QED) is 0.576. The summed E-state index contributed by atoms with van der Waals surface area (Å²) in [6, 6.07) is 14.1. The van der Waals surface area contributed by atoms with E-state index in [0.717, 1.165) is 15.7 Å². The number of quaternary nitrogens is 1. The van der Waals surface area contributed by atoms with Gasteiger partial charge in [-0.3, -0.25) is 4.48 Å². The Bertz CT molecular complexity index is 766. The number of hydrogen-bond donors (Lipinski definition) is 2. The van der Waals surface area contributed by atoms with Crippen LogP contribution in [-0.2, 0) is 0 Å². The highest BCUT2D eigenvalue weighted by Gasteiger charge is 2.12. The van der Waals surface area contributed by atoms with Crippen LogP contribution in [0.4, 0.5) is 22.9 Å². The van der Waals surface area contributed by atoms with Crippen molar-refractivity contribution in [3.63, 3.8) is 0 Å². The average Bonchev–Trinajstić information content (AvgIpc) is 2.76. The summed E-state index contributed by atoms with van der Waals surface area (Å²) in [4.78, 5) is 0. The minimum atomic E-state index is 0. The number of benzene rings is 1. The Hall–Kier alpha value is -2.53. The molecule has 2 heterocycles. The second kappa shape index (κ2) is 5.69. The summed E-state index contributed by atoms with van der Waals surface area (Å²) in [6.45, 7) is 0. The number of rotatable bonds is 3. The lowest BCUT2D eigenvalue weighted by Crippen LogP contribution is -2.34. The van der Waals surface area contributed by atoms with Gasteiger partial charge < -0.3 is 18.5 Å². The Morgan fingerprint density at radius 3 is 2.32 bits per heavy atom. The third-order valence-electron chi connectivity index (χ3n) is 3.48. The second-order valence-electron chi connectivity index (χ2n) is 5.98. The molecule has 0 aliphatic rings. The Morgan fingerprint density at radius 1 is 1.05 bits per heavy atom. The normalized spacial score (nSPS) is 11.2. The van der Waals surface area contributed by atoms with Gasteiger partial charge in [-0.15, -0.1) is 5.10 Å². The van der Waals surface area contributed by atoms with Crippen molar-refractivity contribution < 1.29 is 0 Å². The van der Waals surface area contributed by atoms with Crippen LogP contribution in [0.15, 0.2) is 48.7 Å². The van der Waals surface area contributed by atoms with Gasteiger partial charge in [-0.1, -0.05) is 6.07 Å². The Labute approximate surface area is 131 Å². The molecule has 0 aliphatic heterocycles. The number of aromatic nitrogens is 2. The van der Waals surface area contributed by atoms with Crippen LogP contribution < -0.4 is 15.5 Å². The third kappa shape index (κ3) is 2.89. The van der Waals surface area contributed by atoms with Crippen molar-refractivity contribution in [1.29, 1.82) is 0 Å². The zero-order valence-electron chi connectivity index (χ0n) is 13.5. The fourth-order valence-electron chi connectivity index (χ4n) is 2.24. The van der Waals surface area contributed by atoms with E-state index in [2.05, 4.69) is 43.7 Å². The Kier molecular flexibility index (Phi) is 4.10. The van der Waals surface area contributed by atoms with Crippen molar-refractivity contribution in [2.24, 2.45) is 0 Å². The van der Waals surface area contributed by atoms with Gasteiger partial charge in [0.2, 0.25) is 0 Å². The highest BCUT2D eigenvalue weighted by molar-refractivity contribution is 5.83. The molecule has 0 aliphatic carbocycles. The maximum Gasteiger partial charge on any atom is 0.176 e. The first-order valence-electron chi connectivity index (χ1n) is 6.87. The highest BCUT2D eigenvalue weighted by atomic mass is 15.3. The van der Waals surface area contributed by atoms with Crippen molar-refractivity contribution in [3.05, 3.63) is 56.1 Å². The fourth-order valence-corrected chi connectivity index (χ4v) is 2.24. The number of nitrogens with one attached hydrogen (secondary N) is 1. The second-order valence-corrected chi connectivity index (χ2v) is 5.98. The molecule has 3 rings (SSSR count). The molecule has 5 heteroatoms. The number of nitrogen functional groups attached to an aromatic ring is 1. The zero-order chi connectivity index (χ0) is 15.0. The van der Waals surface area contributed by atoms with Gasteiger partial charge in [0, 0.05) is 24.0 Å². The summed E-state index contributed by atoms with van der Waals surface area (Å²) in [5.41, 5.74) is 9.91. The van der Waals surface area contributed by atoms with E-state index in [0.29, 0.717) is 11.5 Å². The average molecular weight is 297 g/mol. The van der Waals surface area contributed by atoms with E-state index < -0.39 is 0 Å². The van der Waals surface area contributed by atoms with Crippen molar-refractivity contribution in [2.75, 3.05) is 32.2 Å². The van der Waals surface area contributed by atoms with Crippen LogP contribution in [0.5, 0.6) is 0 Å². The van der Waals surface area contributed by atoms with Gasteiger partial charge in [0.25, 0.3) is 0 Å². The van der Waals surface area contributed by atoms with Crippen LogP contribution in [0.25, 0.3) is 5.52 Å². The molecule has 0 radical (unpaired) electrons. The SMILES string of the molecule is C[N+](C)(C)c1ccc(Nc2nn3ccccc3c2N)cc1.[CH3-]. The van der Waals surface area contributed by atoms with E-state index in [1.54, 1.807) is 4.52 Å². The molecule has 1 aromatic carbocycles. The summed E-state index contributed by atoms with van der Waals surface area (Å²) in [6.07, 6.45) is 1.89. The molecule has 0 amide bonds. The largest absolute Gasteiger partial charge is 0.394 e. The lowest BCUT2D eigenvalue weighted by atomic mass is 10.2.